The second kappa shape index (κ2) is 8.90. The Kier molecular flexibility index (Phi) is 6.06. The highest BCUT2D eigenvalue weighted by molar-refractivity contribution is 5.97. The van der Waals surface area contributed by atoms with Gasteiger partial charge >= 0.3 is 0 Å². The number of para-hydroxylation sites is 1. The number of aromatic nitrogens is 2. The molecule has 4 rings (SSSR count). The SMILES string of the molecule is CCn1ncc(C(=O)N2CCCC(COc3ccccc3C(=O)NC3CC3)C2)c1C. The van der Waals surface area contributed by atoms with Gasteiger partial charge in [-0.25, -0.2) is 0 Å². The summed E-state index contributed by atoms with van der Waals surface area (Å²) in [4.78, 5) is 27.4. The fourth-order valence-electron chi connectivity index (χ4n) is 4.01. The Morgan fingerprint density at radius 3 is 2.73 bits per heavy atom. The van der Waals surface area contributed by atoms with Crippen molar-refractivity contribution < 1.29 is 14.3 Å². The number of benzene rings is 1. The van der Waals surface area contributed by atoms with E-state index in [1.165, 1.54) is 0 Å². The van der Waals surface area contributed by atoms with E-state index in [4.69, 9.17) is 4.74 Å². The fraction of sp³-hybridized carbons (Fsp3) is 0.522. The van der Waals surface area contributed by atoms with Crippen LogP contribution in [0.4, 0.5) is 0 Å². The van der Waals surface area contributed by atoms with Crippen molar-refractivity contribution in [2.45, 2.75) is 52.1 Å². The van der Waals surface area contributed by atoms with E-state index in [0.29, 0.717) is 36.1 Å². The van der Waals surface area contributed by atoms with Gasteiger partial charge in [0.1, 0.15) is 5.75 Å². The Balaban J connectivity index is 1.37. The van der Waals surface area contributed by atoms with Crippen molar-refractivity contribution in [2.24, 2.45) is 5.92 Å². The minimum absolute atomic E-state index is 0.0427. The van der Waals surface area contributed by atoms with E-state index in [1.54, 1.807) is 12.3 Å². The summed E-state index contributed by atoms with van der Waals surface area (Å²) in [6.45, 7) is 6.62. The molecule has 0 spiro atoms. The average Bonchev–Trinajstić information content (AvgIpc) is 3.51. The molecule has 1 N–H and O–H groups in total. The van der Waals surface area contributed by atoms with Gasteiger partial charge in [0.15, 0.2) is 0 Å². The van der Waals surface area contributed by atoms with Gasteiger partial charge in [-0.05, 0) is 51.7 Å². The zero-order valence-corrected chi connectivity index (χ0v) is 17.8. The maximum atomic E-state index is 13.0. The topological polar surface area (TPSA) is 76.5 Å². The van der Waals surface area contributed by atoms with Crippen LogP contribution < -0.4 is 10.1 Å². The summed E-state index contributed by atoms with van der Waals surface area (Å²) < 4.78 is 7.91. The highest BCUT2D eigenvalue weighted by Gasteiger charge is 2.28. The van der Waals surface area contributed by atoms with Crippen LogP contribution in [0.5, 0.6) is 5.75 Å². The van der Waals surface area contributed by atoms with Gasteiger partial charge in [0.25, 0.3) is 11.8 Å². The molecule has 2 amide bonds. The summed E-state index contributed by atoms with van der Waals surface area (Å²) in [6.07, 6.45) is 5.74. The summed E-state index contributed by atoms with van der Waals surface area (Å²) in [5.41, 5.74) is 2.17. The maximum Gasteiger partial charge on any atom is 0.257 e. The molecule has 1 aromatic heterocycles. The lowest BCUT2D eigenvalue weighted by Gasteiger charge is -2.32. The van der Waals surface area contributed by atoms with Crippen molar-refractivity contribution in [3.05, 3.63) is 47.3 Å². The molecule has 1 atom stereocenters. The first-order chi connectivity index (χ1) is 14.6. The van der Waals surface area contributed by atoms with Gasteiger partial charge in [0.2, 0.25) is 0 Å². The van der Waals surface area contributed by atoms with E-state index < -0.39 is 0 Å². The van der Waals surface area contributed by atoms with E-state index in [9.17, 15) is 9.59 Å². The first-order valence-corrected chi connectivity index (χ1v) is 10.9. The second-order valence-electron chi connectivity index (χ2n) is 8.27. The molecule has 0 bridgehead atoms. The molecule has 1 unspecified atom stereocenters. The predicted octanol–water partition coefficient (Wildman–Crippen LogP) is 3.03. The van der Waals surface area contributed by atoms with E-state index in [0.717, 1.165) is 44.5 Å². The van der Waals surface area contributed by atoms with Crippen molar-refractivity contribution in [3.8, 4) is 5.75 Å². The third-order valence-electron chi connectivity index (χ3n) is 5.96. The minimum Gasteiger partial charge on any atom is -0.492 e. The van der Waals surface area contributed by atoms with Gasteiger partial charge in [-0.15, -0.1) is 0 Å². The molecule has 7 nitrogen and oxygen atoms in total. The lowest BCUT2D eigenvalue weighted by Crippen LogP contribution is -2.41. The number of amides is 2. The second-order valence-corrected chi connectivity index (χ2v) is 8.27. The highest BCUT2D eigenvalue weighted by atomic mass is 16.5. The molecular weight excluding hydrogens is 380 g/mol. The van der Waals surface area contributed by atoms with Crippen molar-refractivity contribution in [1.82, 2.24) is 20.0 Å². The number of aryl methyl sites for hydroxylation is 1. The molecule has 7 heteroatoms. The van der Waals surface area contributed by atoms with E-state index in [-0.39, 0.29) is 17.7 Å². The molecule has 2 fully saturated rings. The number of carbonyl (C=O) groups is 2. The van der Waals surface area contributed by atoms with Gasteiger partial charge in [0, 0.05) is 37.3 Å². The van der Waals surface area contributed by atoms with Gasteiger partial charge in [0.05, 0.1) is 23.9 Å². The Labute approximate surface area is 177 Å². The van der Waals surface area contributed by atoms with Crippen LogP contribution in [0.2, 0.25) is 0 Å². The zero-order valence-electron chi connectivity index (χ0n) is 17.8. The number of nitrogens with one attached hydrogen (secondary N) is 1. The normalized spacial score (nSPS) is 18.9. The smallest absolute Gasteiger partial charge is 0.257 e. The van der Waals surface area contributed by atoms with Gasteiger partial charge in [-0.2, -0.15) is 5.10 Å². The number of nitrogens with zero attached hydrogens (tertiary/aromatic N) is 3. The monoisotopic (exact) mass is 410 g/mol. The quantitative estimate of drug-likeness (QED) is 0.761. The van der Waals surface area contributed by atoms with Crippen LogP contribution in [-0.2, 0) is 6.54 Å². The Morgan fingerprint density at radius 1 is 1.20 bits per heavy atom. The first kappa shape index (κ1) is 20.4. The molecule has 1 saturated carbocycles. The summed E-state index contributed by atoms with van der Waals surface area (Å²) in [7, 11) is 0. The molecule has 1 aromatic carbocycles. The molecule has 2 heterocycles. The van der Waals surface area contributed by atoms with E-state index >= 15 is 0 Å². The lowest BCUT2D eigenvalue weighted by atomic mass is 9.98. The van der Waals surface area contributed by atoms with Crippen molar-refractivity contribution >= 4 is 11.8 Å². The van der Waals surface area contributed by atoms with Crippen LogP contribution in [0.1, 0.15) is 59.0 Å². The number of piperidine rings is 1. The third-order valence-corrected chi connectivity index (χ3v) is 5.96. The third kappa shape index (κ3) is 4.50. The molecule has 160 valence electrons. The standard InChI is InChI=1S/C23H30N4O3/c1-3-27-16(2)20(13-24-27)23(29)26-12-6-7-17(14-26)15-30-21-9-5-4-8-19(21)22(28)25-18-10-11-18/h4-5,8-9,13,17-18H,3,6-7,10-12,14-15H2,1-2H3,(H,25,28). The van der Waals surface area contributed by atoms with Crippen LogP contribution >= 0.6 is 0 Å². The van der Waals surface area contributed by atoms with Crippen LogP contribution in [0, 0.1) is 12.8 Å². The summed E-state index contributed by atoms with van der Waals surface area (Å²) >= 11 is 0. The van der Waals surface area contributed by atoms with Crippen molar-refractivity contribution in [2.75, 3.05) is 19.7 Å². The molecular formula is C23H30N4O3. The maximum absolute atomic E-state index is 13.0. The van der Waals surface area contributed by atoms with Crippen molar-refractivity contribution in [3.63, 3.8) is 0 Å². The number of ether oxygens (including phenoxy) is 1. The van der Waals surface area contributed by atoms with Crippen LogP contribution in [0.3, 0.4) is 0 Å². The van der Waals surface area contributed by atoms with Crippen LogP contribution in [0.25, 0.3) is 0 Å². The number of rotatable bonds is 7. The number of hydrogen-bond donors (Lipinski definition) is 1. The lowest BCUT2D eigenvalue weighted by molar-refractivity contribution is 0.0632. The number of carbonyl (C=O) groups excluding carboxylic acids is 2. The van der Waals surface area contributed by atoms with Gasteiger partial charge < -0.3 is 15.0 Å². The predicted molar refractivity (Wildman–Crippen MR) is 114 cm³/mol. The molecule has 0 radical (unpaired) electrons. The summed E-state index contributed by atoms with van der Waals surface area (Å²) in [5.74, 6) is 0.820. The summed E-state index contributed by atoms with van der Waals surface area (Å²) in [6, 6.07) is 7.69. The molecule has 2 aromatic rings. The molecule has 1 saturated heterocycles. The van der Waals surface area contributed by atoms with Gasteiger partial charge in [-0.3, -0.25) is 14.3 Å². The molecule has 1 aliphatic heterocycles. The van der Waals surface area contributed by atoms with Crippen molar-refractivity contribution in [1.29, 1.82) is 0 Å². The zero-order chi connectivity index (χ0) is 21.1. The van der Waals surface area contributed by atoms with Crippen LogP contribution in [0.15, 0.2) is 30.5 Å². The van der Waals surface area contributed by atoms with Gasteiger partial charge in [-0.1, -0.05) is 12.1 Å². The average molecular weight is 411 g/mol. The largest absolute Gasteiger partial charge is 0.492 e. The Morgan fingerprint density at radius 2 is 2.00 bits per heavy atom. The molecule has 1 aliphatic carbocycles. The van der Waals surface area contributed by atoms with Crippen LogP contribution in [-0.4, -0.2) is 52.2 Å². The number of hydrogen-bond acceptors (Lipinski definition) is 4. The number of likely N-dealkylation sites (tertiary alicyclic amines) is 1. The highest BCUT2D eigenvalue weighted by Crippen LogP contribution is 2.25. The molecule has 2 aliphatic rings. The minimum atomic E-state index is -0.0723. The van der Waals surface area contributed by atoms with E-state index in [1.807, 2.05) is 41.6 Å². The first-order valence-electron chi connectivity index (χ1n) is 10.9. The summed E-state index contributed by atoms with van der Waals surface area (Å²) in [5, 5.41) is 7.32. The van der Waals surface area contributed by atoms with E-state index in [2.05, 4.69) is 10.4 Å². The Hall–Kier alpha value is -2.83. The fourth-order valence-corrected chi connectivity index (χ4v) is 4.01. The molecule has 30 heavy (non-hydrogen) atoms. The Bertz CT molecular complexity index is 919.